The first-order chi connectivity index (χ1) is 15.1. The molecule has 2 aromatic rings. The molecule has 1 aliphatic heterocycles. The molecule has 12 heteroatoms. The zero-order chi connectivity index (χ0) is 23.5. The lowest BCUT2D eigenvalue weighted by Gasteiger charge is -2.34. The number of aromatic amines is 1. The molecule has 1 fully saturated rings. The van der Waals surface area contributed by atoms with Crippen molar-refractivity contribution in [1.29, 1.82) is 0 Å². The molecule has 0 atom stereocenters. The number of piperazine rings is 1. The van der Waals surface area contributed by atoms with Gasteiger partial charge < -0.3 is 15.5 Å². The molecule has 2 heterocycles. The van der Waals surface area contributed by atoms with Crippen LogP contribution >= 0.6 is 0 Å². The van der Waals surface area contributed by atoms with Crippen LogP contribution in [0.25, 0.3) is 0 Å². The number of amides is 1. The van der Waals surface area contributed by atoms with E-state index >= 15 is 0 Å². The summed E-state index contributed by atoms with van der Waals surface area (Å²) in [5, 5.41) is 0. The van der Waals surface area contributed by atoms with Crippen LogP contribution in [-0.4, -0.2) is 78.6 Å². The lowest BCUT2D eigenvalue weighted by Crippen LogP contribution is -2.53. The second-order valence-corrected chi connectivity index (χ2v) is 9.60. The van der Waals surface area contributed by atoms with Gasteiger partial charge in [0.1, 0.15) is 11.5 Å². The molecule has 1 aromatic carbocycles. The minimum Gasteiger partial charge on any atom is -0.383 e. The molecule has 3 N–H and O–H groups in total. The Labute approximate surface area is 186 Å². The van der Waals surface area contributed by atoms with E-state index in [1.807, 2.05) is 30.3 Å². The highest BCUT2D eigenvalue weighted by Gasteiger charge is 2.28. The summed E-state index contributed by atoms with van der Waals surface area (Å²) in [4.78, 5) is 43.2. The zero-order valence-corrected chi connectivity index (χ0v) is 19.0. The monoisotopic (exact) mass is 464 g/mol. The van der Waals surface area contributed by atoms with Crippen LogP contribution in [0.1, 0.15) is 12.5 Å². The van der Waals surface area contributed by atoms with Gasteiger partial charge in [0, 0.05) is 32.7 Å². The lowest BCUT2D eigenvalue weighted by molar-refractivity contribution is -0.130. The Balaban J connectivity index is 1.81. The van der Waals surface area contributed by atoms with Gasteiger partial charge in [-0.2, -0.15) is 4.31 Å². The molecule has 0 saturated carbocycles. The van der Waals surface area contributed by atoms with E-state index < -0.39 is 21.3 Å². The average molecular weight is 465 g/mol. The van der Waals surface area contributed by atoms with Crippen molar-refractivity contribution in [2.75, 3.05) is 56.2 Å². The van der Waals surface area contributed by atoms with Crippen molar-refractivity contribution in [2.45, 2.75) is 13.5 Å². The Hall–Kier alpha value is -3.12. The van der Waals surface area contributed by atoms with Crippen molar-refractivity contribution < 1.29 is 13.2 Å². The number of nitrogens with one attached hydrogen (secondary N) is 1. The number of H-pyrrole nitrogens is 1. The molecule has 0 spiro atoms. The summed E-state index contributed by atoms with van der Waals surface area (Å²) in [5.41, 5.74) is 5.84. The molecule has 0 radical (unpaired) electrons. The first-order valence-corrected chi connectivity index (χ1v) is 12.1. The minimum atomic E-state index is -3.30. The highest BCUT2D eigenvalue weighted by atomic mass is 32.2. The number of carbonyl (C=O) groups excluding carboxylic acids is 1. The van der Waals surface area contributed by atoms with Gasteiger partial charge in [0.15, 0.2) is 0 Å². The van der Waals surface area contributed by atoms with Crippen molar-refractivity contribution in [1.82, 2.24) is 18.8 Å². The first kappa shape index (κ1) is 23.5. The van der Waals surface area contributed by atoms with Crippen LogP contribution in [0.15, 0.2) is 39.9 Å². The van der Waals surface area contributed by atoms with Gasteiger partial charge in [-0.05, 0) is 12.5 Å². The van der Waals surface area contributed by atoms with Crippen molar-refractivity contribution in [3.05, 3.63) is 56.7 Å². The highest BCUT2D eigenvalue weighted by Crippen LogP contribution is 2.18. The molecule has 1 saturated heterocycles. The number of carbonyl (C=O) groups is 1. The summed E-state index contributed by atoms with van der Waals surface area (Å²) in [6.07, 6.45) is 1.14. The predicted octanol–water partition coefficient (Wildman–Crippen LogP) is -0.903. The molecule has 0 aliphatic carbocycles. The summed E-state index contributed by atoms with van der Waals surface area (Å²) >= 11 is 0. The number of sulfonamides is 1. The number of aromatic nitrogens is 2. The van der Waals surface area contributed by atoms with E-state index in [-0.39, 0.29) is 56.7 Å². The lowest BCUT2D eigenvalue weighted by atomic mass is 10.2. The van der Waals surface area contributed by atoms with E-state index in [2.05, 4.69) is 4.98 Å². The number of rotatable bonds is 7. The van der Waals surface area contributed by atoms with Crippen molar-refractivity contribution in [3.63, 3.8) is 0 Å². The maximum atomic E-state index is 12.9. The average Bonchev–Trinajstić information content (AvgIpc) is 2.76. The normalized spacial score (nSPS) is 15.0. The number of anilines is 2. The molecule has 1 aliphatic rings. The van der Waals surface area contributed by atoms with Gasteiger partial charge in [-0.25, -0.2) is 13.2 Å². The standard InChI is InChI=1S/C20H28N6O5S/c1-3-23(14-16(27)24-9-11-25(12-10-24)32(2,30)31)17-18(21)26(20(29)22-19(17)28)13-15-7-5-4-6-8-15/h4-8H,3,9-14,21H2,1-2H3,(H,22,28,29). The van der Waals surface area contributed by atoms with Gasteiger partial charge in [0.25, 0.3) is 5.56 Å². The maximum Gasteiger partial charge on any atom is 0.330 e. The van der Waals surface area contributed by atoms with Crippen LogP contribution in [0.2, 0.25) is 0 Å². The topological polar surface area (TPSA) is 142 Å². The smallest absolute Gasteiger partial charge is 0.330 e. The molecule has 1 amide bonds. The molecule has 32 heavy (non-hydrogen) atoms. The number of hydrogen-bond acceptors (Lipinski definition) is 7. The maximum absolute atomic E-state index is 12.9. The zero-order valence-electron chi connectivity index (χ0n) is 18.2. The third-order valence-corrected chi connectivity index (χ3v) is 6.79. The SMILES string of the molecule is CCN(CC(=O)N1CCN(S(C)(=O)=O)CC1)c1c(N)n(Cc2ccccc2)c(=O)[nH]c1=O. The third kappa shape index (κ3) is 5.19. The van der Waals surface area contributed by atoms with Gasteiger partial charge in [-0.15, -0.1) is 0 Å². The fourth-order valence-electron chi connectivity index (χ4n) is 3.69. The molecule has 1 aromatic heterocycles. The van der Waals surface area contributed by atoms with Crippen LogP contribution < -0.4 is 21.9 Å². The van der Waals surface area contributed by atoms with Gasteiger partial charge in [0.05, 0.1) is 19.3 Å². The van der Waals surface area contributed by atoms with Gasteiger partial charge in [-0.1, -0.05) is 30.3 Å². The molecule has 0 bridgehead atoms. The van der Waals surface area contributed by atoms with E-state index in [1.165, 1.54) is 13.8 Å². The number of likely N-dealkylation sites (N-methyl/N-ethyl adjacent to an activating group) is 1. The summed E-state index contributed by atoms with van der Waals surface area (Å²) in [5.74, 6) is -0.265. The third-order valence-electron chi connectivity index (χ3n) is 5.48. The van der Waals surface area contributed by atoms with E-state index in [4.69, 9.17) is 5.73 Å². The van der Waals surface area contributed by atoms with Gasteiger partial charge in [-0.3, -0.25) is 19.1 Å². The predicted molar refractivity (Wildman–Crippen MR) is 122 cm³/mol. The van der Waals surface area contributed by atoms with Crippen LogP contribution in [-0.2, 0) is 21.4 Å². The Morgan fingerprint density at radius 2 is 1.75 bits per heavy atom. The Bertz CT molecular complexity index is 1180. The van der Waals surface area contributed by atoms with Crippen LogP contribution in [0.4, 0.5) is 11.5 Å². The minimum absolute atomic E-state index is 0.0147. The van der Waals surface area contributed by atoms with Crippen molar-refractivity contribution >= 4 is 27.4 Å². The van der Waals surface area contributed by atoms with Crippen LogP contribution in [0, 0.1) is 0 Å². The van der Waals surface area contributed by atoms with E-state index in [0.29, 0.717) is 6.54 Å². The summed E-state index contributed by atoms with van der Waals surface area (Å²) in [6.45, 7) is 3.13. The second-order valence-electron chi connectivity index (χ2n) is 7.62. The van der Waals surface area contributed by atoms with Crippen molar-refractivity contribution in [3.8, 4) is 0 Å². The number of nitrogens with zero attached hydrogens (tertiary/aromatic N) is 4. The molecular weight excluding hydrogens is 436 g/mol. The van der Waals surface area contributed by atoms with Crippen molar-refractivity contribution in [2.24, 2.45) is 0 Å². The largest absolute Gasteiger partial charge is 0.383 e. The summed E-state index contributed by atoms with van der Waals surface area (Å²) in [7, 11) is -3.30. The number of benzene rings is 1. The fourth-order valence-corrected chi connectivity index (χ4v) is 4.51. The highest BCUT2D eigenvalue weighted by molar-refractivity contribution is 7.88. The Morgan fingerprint density at radius 1 is 1.12 bits per heavy atom. The van der Waals surface area contributed by atoms with E-state index in [1.54, 1.807) is 11.8 Å². The molecular formula is C20H28N6O5S. The van der Waals surface area contributed by atoms with E-state index in [9.17, 15) is 22.8 Å². The Morgan fingerprint density at radius 3 is 2.31 bits per heavy atom. The molecule has 174 valence electrons. The second kappa shape index (κ2) is 9.57. The first-order valence-electron chi connectivity index (χ1n) is 10.3. The van der Waals surface area contributed by atoms with E-state index in [0.717, 1.165) is 11.8 Å². The van der Waals surface area contributed by atoms with Crippen LogP contribution in [0.3, 0.4) is 0 Å². The quantitative estimate of drug-likeness (QED) is 0.541. The van der Waals surface area contributed by atoms with Gasteiger partial charge >= 0.3 is 5.69 Å². The fraction of sp³-hybridized carbons (Fsp3) is 0.450. The molecule has 11 nitrogen and oxygen atoms in total. The number of nitrogen functional groups attached to an aromatic ring is 1. The van der Waals surface area contributed by atoms with Gasteiger partial charge in [0.2, 0.25) is 15.9 Å². The Kier molecular flexibility index (Phi) is 7.04. The number of nitrogens with two attached hydrogens (primary N) is 1. The summed E-state index contributed by atoms with van der Waals surface area (Å²) < 4.78 is 25.9. The number of hydrogen-bond donors (Lipinski definition) is 2. The molecule has 0 unspecified atom stereocenters. The molecule has 3 rings (SSSR count). The summed E-state index contributed by atoms with van der Waals surface area (Å²) in [6, 6.07) is 9.21. The van der Waals surface area contributed by atoms with Crippen LogP contribution in [0.5, 0.6) is 0 Å².